The molecule has 6 heteroatoms. The molecule has 0 heterocycles. The molecule has 0 aliphatic rings. The van der Waals surface area contributed by atoms with Crippen LogP contribution in [-0.2, 0) is 13.3 Å². The second-order valence-corrected chi connectivity index (χ2v) is 6.90. The summed E-state index contributed by atoms with van der Waals surface area (Å²) in [7, 11) is 1.96. The van der Waals surface area contributed by atoms with Gasteiger partial charge < -0.3 is 24.7 Å². The molecule has 0 radical (unpaired) electrons. The normalized spacial score (nSPS) is 16.4. The summed E-state index contributed by atoms with van der Waals surface area (Å²) in [5, 5.41) is -0.551. The average molecular weight is 236 g/mol. The van der Waals surface area contributed by atoms with Gasteiger partial charge in [-0.15, -0.1) is 0 Å². The third kappa shape index (κ3) is 2.99. The van der Waals surface area contributed by atoms with Gasteiger partial charge in [-0.2, -0.15) is 0 Å². The first-order valence-electron chi connectivity index (χ1n) is 5.20. The Morgan fingerprint density at radius 2 is 1.60 bits per heavy atom. The third-order valence-corrected chi connectivity index (χ3v) is 6.31. The van der Waals surface area contributed by atoms with Crippen LogP contribution in [0.5, 0.6) is 0 Å². The lowest BCUT2D eigenvalue weighted by atomic mass is 10.1. The smallest absolute Gasteiger partial charge is 0.376 e. The summed E-state index contributed by atoms with van der Waals surface area (Å²) >= 11 is 0. The van der Waals surface area contributed by atoms with Gasteiger partial charge in [-0.25, -0.2) is 0 Å². The first-order chi connectivity index (χ1) is 7.05. The lowest BCUT2D eigenvalue weighted by molar-refractivity contribution is 0.0871. The summed E-state index contributed by atoms with van der Waals surface area (Å²) in [4.78, 5) is 0. The van der Waals surface area contributed by atoms with Crippen molar-refractivity contribution in [3.63, 3.8) is 0 Å². The van der Waals surface area contributed by atoms with Crippen LogP contribution in [0.1, 0.15) is 26.2 Å². The molecule has 0 amide bonds. The molecule has 1 unspecified atom stereocenters. The van der Waals surface area contributed by atoms with E-state index in [1.165, 1.54) is 0 Å². The van der Waals surface area contributed by atoms with Crippen LogP contribution in [0.15, 0.2) is 0 Å². The number of rotatable bonds is 8. The lowest BCUT2D eigenvalue weighted by Gasteiger charge is -2.40. The SMILES string of the molecule is CCC(N)(CCCN)[Si](OC)(OC)OC. The highest BCUT2D eigenvalue weighted by Gasteiger charge is 2.56. The first kappa shape index (κ1) is 15.0. The van der Waals surface area contributed by atoms with Crippen LogP contribution in [0.2, 0.25) is 0 Å². The molecule has 4 N–H and O–H groups in total. The van der Waals surface area contributed by atoms with E-state index in [0.29, 0.717) is 6.54 Å². The predicted molar refractivity (Wildman–Crippen MR) is 62.3 cm³/mol. The first-order valence-corrected chi connectivity index (χ1v) is 6.92. The Balaban J connectivity index is 4.84. The monoisotopic (exact) mass is 236 g/mol. The van der Waals surface area contributed by atoms with Crippen LogP contribution in [0, 0.1) is 0 Å². The van der Waals surface area contributed by atoms with Crippen molar-refractivity contribution in [2.75, 3.05) is 27.9 Å². The Morgan fingerprint density at radius 3 is 1.87 bits per heavy atom. The Hall–Kier alpha value is 0.0169. The van der Waals surface area contributed by atoms with Gasteiger partial charge in [0.2, 0.25) is 0 Å². The summed E-state index contributed by atoms with van der Waals surface area (Å²) in [6, 6.07) is 0. The summed E-state index contributed by atoms with van der Waals surface area (Å²) in [6.07, 6.45) is 2.34. The van der Waals surface area contributed by atoms with E-state index in [1.54, 1.807) is 21.3 Å². The minimum absolute atomic E-state index is 0.551. The molecule has 0 bridgehead atoms. The molecule has 0 saturated carbocycles. The van der Waals surface area contributed by atoms with E-state index >= 15 is 0 Å². The molecule has 0 aromatic rings. The Kier molecular flexibility index (Phi) is 6.57. The number of hydrogen-bond donors (Lipinski definition) is 2. The molecular formula is C9H24N2O3Si. The second-order valence-electron chi connectivity index (χ2n) is 3.57. The molecule has 0 aromatic carbocycles. The maximum atomic E-state index is 6.33. The molecule has 0 rings (SSSR count). The van der Waals surface area contributed by atoms with Crippen LogP contribution < -0.4 is 11.5 Å². The lowest BCUT2D eigenvalue weighted by Crippen LogP contribution is -2.68. The summed E-state index contributed by atoms with van der Waals surface area (Å²) in [5.74, 6) is 0. The van der Waals surface area contributed by atoms with Crippen molar-refractivity contribution in [1.82, 2.24) is 0 Å². The fourth-order valence-electron chi connectivity index (χ4n) is 1.82. The van der Waals surface area contributed by atoms with E-state index < -0.39 is 14.0 Å². The van der Waals surface area contributed by atoms with Gasteiger partial charge in [-0.3, -0.25) is 0 Å². The topological polar surface area (TPSA) is 79.7 Å². The quantitative estimate of drug-likeness (QED) is 0.591. The van der Waals surface area contributed by atoms with Crippen molar-refractivity contribution in [2.45, 2.75) is 31.3 Å². The minimum atomic E-state index is -2.79. The highest BCUT2D eigenvalue weighted by atomic mass is 28.4. The zero-order valence-electron chi connectivity index (χ0n) is 10.2. The molecule has 0 fully saturated rings. The summed E-state index contributed by atoms with van der Waals surface area (Å²) < 4.78 is 16.3. The highest BCUT2D eigenvalue weighted by molar-refractivity contribution is 6.64. The molecule has 15 heavy (non-hydrogen) atoms. The van der Waals surface area contributed by atoms with Crippen LogP contribution in [-0.4, -0.2) is 41.8 Å². The molecule has 0 aliphatic heterocycles. The van der Waals surface area contributed by atoms with Gasteiger partial charge >= 0.3 is 8.80 Å². The molecule has 92 valence electrons. The molecule has 1 atom stereocenters. The standard InChI is InChI=1S/C9H24N2O3Si/c1-5-9(11,7-6-8-10)15(12-2,13-3)14-4/h5-8,10-11H2,1-4H3. The van der Waals surface area contributed by atoms with Crippen molar-refractivity contribution in [3.05, 3.63) is 0 Å². The number of nitrogens with two attached hydrogens (primary N) is 2. The largest absolute Gasteiger partial charge is 0.521 e. The predicted octanol–water partition coefficient (Wildman–Crippen LogP) is 0.250. The van der Waals surface area contributed by atoms with Crippen molar-refractivity contribution < 1.29 is 13.3 Å². The van der Waals surface area contributed by atoms with E-state index in [4.69, 9.17) is 24.7 Å². The number of hydrogen-bond acceptors (Lipinski definition) is 5. The van der Waals surface area contributed by atoms with Crippen molar-refractivity contribution in [2.24, 2.45) is 11.5 Å². The second kappa shape index (κ2) is 6.57. The fourth-order valence-corrected chi connectivity index (χ4v) is 4.46. The molecule has 0 spiro atoms. The van der Waals surface area contributed by atoms with Crippen LogP contribution in [0.3, 0.4) is 0 Å². The Bertz CT molecular complexity index is 170. The van der Waals surface area contributed by atoms with E-state index in [1.807, 2.05) is 6.92 Å². The summed E-state index contributed by atoms with van der Waals surface area (Å²) in [6.45, 7) is 2.62. The van der Waals surface area contributed by atoms with Crippen molar-refractivity contribution in [3.8, 4) is 0 Å². The van der Waals surface area contributed by atoms with Gasteiger partial charge in [-0.05, 0) is 25.8 Å². The van der Waals surface area contributed by atoms with E-state index in [9.17, 15) is 0 Å². The zero-order valence-corrected chi connectivity index (χ0v) is 11.2. The van der Waals surface area contributed by atoms with Gasteiger partial charge in [-0.1, -0.05) is 6.92 Å². The maximum absolute atomic E-state index is 6.33. The molecule has 0 aromatic heterocycles. The molecule has 0 saturated heterocycles. The van der Waals surface area contributed by atoms with Crippen molar-refractivity contribution >= 4 is 8.80 Å². The third-order valence-electron chi connectivity index (χ3n) is 2.87. The van der Waals surface area contributed by atoms with Crippen molar-refractivity contribution in [1.29, 1.82) is 0 Å². The molecule has 5 nitrogen and oxygen atoms in total. The van der Waals surface area contributed by atoms with Gasteiger partial charge in [0.05, 0.1) is 5.16 Å². The Morgan fingerprint density at radius 1 is 1.13 bits per heavy atom. The maximum Gasteiger partial charge on any atom is 0.521 e. The highest BCUT2D eigenvalue weighted by Crippen LogP contribution is 2.28. The van der Waals surface area contributed by atoms with Crippen LogP contribution >= 0.6 is 0 Å². The zero-order chi connectivity index (χ0) is 11.9. The molecule has 0 aliphatic carbocycles. The van der Waals surface area contributed by atoms with E-state index in [2.05, 4.69) is 0 Å². The van der Waals surface area contributed by atoms with Crippen LogP contribution in [0.25, 0.3) is 0 Å². The average Bonchev–Trinajstić information content (AvgIpc) is 2.29. The van der Waals surface area contributed by atoms with E-state index in [-0.39, 0.29) is 0 Å². The fraction of sp³-hybridized carbons (Fsp3) is 1.00. The van der Waals surface area contributed by atoms with Gasteiger partial charge in [0.25, 0.3) is 0 Å². The van der Waals surface area contributed by atoms with Gasteiger partial charge in [0, 0.05) is 21.3 Å². The van der Waals surface area contributed by atoms with Crippen LogP contribution in [0.4, 0.5) is 0 Å². The molecular weight excluding hydrogens is 212 g/mol. The van der Waals surface area contributed by atoms with Gasteiger partial charge in [0.1, 0.15) is 0 Å². The Labute approximate surface area is 93.4 Å². The summed E-state index contributed by atoms with van der Waals surface area (Å²) in [5.41, 5.74) is 11.8. The van der Waals surface area contributed by atoms with E-state index in [0.717, 1.165) is 19.3 Å². The van der Waals surface area contributed by atoms with Gasteiger partial charge in [0.15, 0.2) is 0 Å². The minimum Gasteiger partial charge on any atom is -0.376 e.